The van der Waals surface area contributed by atoms with Gasteiger partial charge in [-0.2, -0.15) is 0 Å². The topological polar surface area (TPSA) is 55.1 Å². The predicted molar refractivity (Wildman–Crippen MR) is 69.3 cm³/mol. The summed E-state index contributed by atoms with van der Waals surface area (Å²) < 4.78 is 4.85. The lowest BCUT2D eigenvalue weighted by Crippen LogP contribution is -2.12. The van der Waals surface area contributed by atoms with Crippen molar-refractivity contribution >= 4 is 11.6 Å². The zero-order chi connectivity index (χ0) is 12.8. The summed E-state index contributed by atoms with van der Waals surface area (Å²) in [4.78, 5) is 15.7. The first-order chi connectivity index (χ1) is 8.78. The molecule has 2 aromatic rings. The van der Waals surface area contributed by atoms with Gasteiger partial charge >= 0.3 is 0 Å². The molecule has 0 saturated carbocycles. The van der Waals surface area contributed by atoms with Crippen LogP contribution in [0, 0.1) is 0 Å². The van der Waals surface area contributed by atoms with Crippen LogP contribution in [0.2, 0.25) is 0 Å². The van der Waals surface area contributed by atoms with Crippen molar-refractivity contribution in [1.29, 1.82) is 0 Å². The van der Waals surface area contributed by atoms with E-state index < -0.39 is 0 Å². The first-order valence-electron chi connectivity index (χ1n) is 6.04. The van der Waals surface area contributed by atoms with E-state index in [4.69, 9.17) is 4.42 Å². The van der Waals surface area contributed by atoms with E-state index in [0.29, 0.717) is 12.8 Å². The van der Waals surface area contributed by atoms with Crippen molar-refractivity contribution in [3.8, 4) is 0 Å². The first kappa shape index (κ1) is 12.4. The zero-order valence-electron chi connectivity index (χ0n) is 10.3. The second-order valence-corrected chi connectivity index (χ2v) is 4.08. The Morgan fingerprint density at radius 2 is 2.11 bits per heavy atom. The van der Waals surface area contributed by atoms with Crippen LogP contribution in [-0.4, -0.2) is 10.9 Å². The second-order valence-electron chi connectivity index (χ2n) is 4.08. The van der Waals surface area contributed by atoms with Crippen molar-refractivity contribution in [3.05, 3.63) is 48.2 Å². The Balaban J connectivity index is 1.83. The molecular weight excluding hydrogens is 228 g/mol. The largest absolute Gasteiger partial charge is 0.451 e. The highest BCUT2D eigenvalue weighted by atomic mass is 16.3. The van der Waals surface area contributed by atoms with Crippen molar-refractivity contribution in [2.45, 2.75) is 26.2 Å². The summed E-state index contributed by atoms with van der Waals surface area (Å²) in [7, 11) is 0. The van der Waals surface area contributed by atoms with E-state index >= 15 is 0 Å². The Morgan fingerprint density at radius 1 is 1.33 bits per heavy atom. The molecule has 1 aromatic carbocycles. The highest BCUT2D eigenvalue weighted by Crippen LogP contribution is 2.10. The third kappa shape index (κ3) is 3.45. The molecule has 0 aliphatic rings. The molecule has 94 valence electrons. The summed E-state index contributed by atoms with van der Waals surface area (Å²) >= 11 is 0. The fraction of sp³-hybridized carbons (Fsp3) is 0.286. The van der Waals surface area contributed by atoms with Crippen LogP contribution in [0.3, 0.4) is 0 Å². The van der Waals surface area contributed by atoms with Crippen molar-refractivity contribution in [1.82, 2.24) is 4.98 Å². The molecule has 0 spiro atoms. The van der Waals surface area contributed by atoms with E-state index in [0.717, 1.165) is 17.8 Å². The molecule has 4 heteroatoms. The molecule has 0 bridgehead atoms. The number of hydrogen-bond donors (Lipinski definition) is 1. The number of nitrogens with zero attached hydrogens (tertiary/aromatic N) is 1. The molecule has 18 heavy (non-hydrogen) atoms. The summed E-state index contributed by atoms with van der Waals surface area (Å²) in [5.41, 5.74) is 2.89. The van der Waals surface area contributed by atoms with Gasteiger partial charge < -0.3 is 9.73 Å². The van der Waals surface area contributed by atoms with Gasteiger partial charge in [-0.15, -0.1) is 0 Å². The average Bonchev–Trinajstić information content (AvgIpc) is 2.90. The van der Waals surface area contributed by atoms with E-state index in [1.165, 1.54) is 12.0 Å². The average molecular weight is 244 g/mol. The van der Waals surface area contributed by atoms with Crippen LogP contribution in [0.4, 0.5) is 5.69 Å². The quantitative estimate of drug-likeness (QED) is 0.879. The number of benzene rings is 1. The fourth-order valence-corrected chi connectivity index (χ4v) is 1.65. The Hall–Kier alpha value is -2.10. The molecule has 0 saturated heterocycles. The maximum absolute atomic E-state index is 11.7. The van der Waals surface area contributed by atoms with Crippen LogP contribution in [0.15, 0.2) is 41.3 Å². The summed E-state index contributed by atoms with van der Waals surface area (Å²) in [5.74, 6) is -0.0118. The van der Waals surface area contributed by atoms with E-state index in [1.54, 1.807) is 6.26 Å². The summed E-state index contributed by atoms with van der Waals surface area (Å²) in [6.07, 6.45) is 4.93. The van der Waals surface area contributed by atoms with Gasteiger partial charge in [-0.1, -0.05) is 19.1 Å². The van der Waals surface area contributed by atoms with Gasteiger partial charge in [0.15, 0.2) is 6.39 Å². The second kappa shape index (κ2) is 6.00. The first-order valence-corrected chi connectivity index (χ1v) is 6.04. The van der Waals surface area contributed by atoms with Crippen molar-refractivity contribution in [2.75, 3.05) is 5.32 Å². The van der Waals surface area contributed by atoms with Crippen LogP contribution < -0.4 is 5.32 Å². The van der Waals surface area contributed by atoms with E-state index in [1.807, 2.05) is 24.3 Å². The minimum atomic E-state index is -0.0118. The highest BCUT2D eigenvalue weighted by Gasteiger charge is 2.04. The summed E-state index contributed by atoms with van der Waals surface area (Å²) in [6, 6.07) is 7.89. The van der Waals surface area contributed by atoms with Crippen LogP contribution >= 0.6 is 0 Å². The van der Waals surface area contributed by atoms with E-state index in [-0.39, 0.29) is 5.91 Å². The van der Waals surface area contributed by atoms with E-state index in [2.05, 4.69) is 17.2 Å². The van der Waals surface area contributed by atoms with E-state index in [9.17, 15) is 4.79 Å². The predicted octanol–water partition coefficient (Wildman–Crippen LogP) is 2.81. The number of oxazole rings is 1. The number of rotatable bonds is 5. The van der Waals surface area contributed by atoms with Gasteiger partial charge in [0.25, 0.3) is 0 Å². The number of hydrogen-bond acceptors (Lipinski definition) is 3. The molecule has 1 heterocycles. The third-order valence-corrected chi connectivity index (χ3v) is 2.74. The van der Waals surface area contributed by atoms with Crippen LogP contribution in [0.5, 0.6) is 0 Å². The Morgan fingerprint density at radius 3 is 2.72 bits per heavy atom. The molecule has 0 fully saturated rings. The van der Waals surface area contributed by atoms with Gasteiger partial charge in [-0.25, -0.2) is 4.98 Å². The molecule has 0 radical (unpaired) electrons. The fourth-order valence-electron chi connectivity index (χ4n) is 1.65. The molecule has 1 amide bonds. The van der Waals surface area contributed by atoms with Crippen LogP contribution in [0.25, 0.3) is 0 Å². The van der Waals surface area contributed by atoms with Crippen molar-refractivity contribution in [2.24, 2.45) is 0 Å². The molecule has 0 aliphatic carbocycles. The lowest BCUT2D eigenvalue weighted by atomic mass is 10.1. The van der Waals surface area contributed by atoms with Crippen molar-refractivity contribution in [3.63, 3.8) is 0 Å². The summed E-state index contributed by atoms with van der Waals surface area (Å²) in [5, 5.41) is 2.86. The molecule has 1 N–H and O–H groups in total. The zero-order valence-corrected chi connectivity index (χ0v) is 10.3. The monoisotopic (exact) mass is 244 g/mol. The van der Waals surface area contributed by atoms with Gasteiger partial charge in [0.2, 0.25) is 5.91 Å². The normalized spacial score (nSPS) is 10.3. The Labute approximate surface area is 106 Å². The number of carbonyl (C=O) groups is 1. The number of nitrogens with one attached hydrogen (secondary N) is 1. The number of carbonyl (C=O) groups excluding carboxylic acids is 1. The number of aryl methyl sites for hydroxylation is 2. The summed E-state index contributed by atoms with van der Waals surface area (Å²) in [6.45, 7) is 2.10. The molecule has 0 aliphatic heterocycles. The maximum atomic E-state index is 11.7. The molecule has 1 aromatic heterocycles. The minimum absolute atomic E-state index is 0.0118. The lowest BCUT2D eigenvalue weighted by molar-refractivity contribution is -0.116. The SMILES string of the molecule is CCc1ccc(NC(=O)CCc2cocn2)cc1. The molecule has 0 unspecified atom stereocenters. The standard InChI is InChI=1S/C14H16N2O2/c1-2-11-3-5-12(6-4-11)16-14(17)8-7-13-9-18-10-15-13/h3-6,9-10H,2,7-8H2,1H3,(H,16,17). The lowest BCUT2D eigenvalue weighted by Gasteiger charge is -2.05. The maximum Gasteiger partial charge on any atom is 0.224 e. The van der Waals surface area contributed by atoms with Gasteiger partial charge in [-0.3, -0.25) is 4.79 Å². The van der Waals surface area contributed by atoms with Gasteiger partial charge in [-0.05, 0) is 24.1 Å². The van der Waals surface area contributed by atoms with Gasteiger partial charge in [0.1, 0.15) is 6.26 Å². The third-order valence-electron chi connectivity index (χ3n) is 2.74. The van der Waals surface area contributed by atoms with Gasteiger partial charge in [0.05, 0.1) is 5.69 Å². The molecule has 4 nitrogen and oxygen atoms in total. The van der Waals surface area contributed by atoms with Gasteiger partial charge in [0, 0.05) is 18.5 Å². The minimum Gasteiger partial charge on any atom is -0.451 e. The van der Waals surface area contributed by atoms with Crippen molar-refractivity contribution < 1.29 is 9.21 Å². The van der Waals surface area contributed by atoms with Crippen LogP contribution in [-0.2, 0) is 17.6 Å². The molecule has 2 rings (SSSR count). The Bertz CT molecular complexity index is 489. The Kier molecular flexibility index (Phi) is 4.12. The molecule has 0 atom stereocenters. The highest BCUT2D eigenvalue weighted by molar-refractivity contribution is 5.90. The smallest absolute Gasteiger partial charge is 0.224 e. The number of aromatic nitrogens is 1. The number of anilines is 1. The molecular formula is C14H16N2O2. The number of amides is 1. The van der Waals surface area contributed by atoms with Crippen LogP contribution in [0.1, 0.15) is 24.6 Å².